The molecule has 2 nitrogen and oxygen atoms in total. The summed E-state index contributed by atoms with van der Waals surface area (Å²) < 4.78 is 6.00. The lowest BCUT2D eigenvalue weighted by molar-refractivity contribution is 0.302. The fourth-order valence-corrected chi connectivity index (χ4v) is 2.49. The van der Waals surface area contributed by atoms with E-state index in [0.717, 1.165) is 22.4 Å². The molecule has 21 heavy (non-hydrogen) atoms. The van der Waals surface area contributed by atoms with Crippen LogP contribution in [0.15, 0.2) is 30.3 Å². The second kappa shape index (κ2) is 6.27. The van der Waals surface area contributed by atoms with Crippen molar-refractivity contribution in [3.8, 4) is 5.75 Å². The molecule has 0 saturated heterocycles. The lowest BCUT2D eigenvalue weighted by Gasteiger charge is -2.14. The van der Waals surface area contributed by atoms with Crippen molar-refractivity contribution in [1.82, 2.24) is 0 Å². The van der Waals surface area contributed by atoms with Crippen LogP contribution in [0.5, 0.6) is 5.75 Å². The number of rotatable bonds is 4. The van der Waals surface area contributed by atoms with Crippen LogP contribution in [0.3, 0.4) is 0 Å². The lowest BCUT2D eigenvalue weighted by Crippen LogP contribution is -2.10. The Kier molecular flexibility index (Phi) is 4.63. The first kappa shape index (κ1) is 15.5. The maximum absolute atomic E-state index is 6.00. The number of nitrogens with two attached hydrogens (primary N) is 1. The van der Waals surface area contributed by atoms with Gasteiger partial charge in [-0.3, -0.25) is 0 Å². The number of ether oxygens (including phenoxy) is 1. The SMILES string of the molecule is Cc1ccc(COc2c(C)cc(C(N)=S)cc2C)cc1C. The topological polar surface area (TPSA) is 35.2 Å². The predicted octanol–water partition coefficient (Wildman–Crippen LogP) is 4.13. The molecular weight excluding hydrogens is 278 g/mol. The van der Waals surface area contributed by atoms with E-state index in [-0.39, 0.29) is 0 Å². The molecule has 2 rings (SSSR count). The van der Waals surface area contributed by atoms with E-state index in [4.69, 9.17) is 22.7 Å². The minimum atomic E-state index is 0.418. The Balaban J connectivity index is 2.20. The van der Waals surface area contributed by atoms with E-state index >= 15 is 0 Å². The molecule has 3 heteroatoms. The molecule has 0 radical (unpaired) electrons. The summed E-state index contributed by atoms with van der Waals surface area (Å²) in [6, 6.07) is 10.4. The standard InChI is InChI=1S/C18H21NOS/c1-11-5-6-15(7-12(11)2)10-20-17-13(3)8-16(18(19)21)9-14(17)4/h5-9H,10H2,1-4H3,(H2,19,21). The summed E-state index contributed by atoms with van der Waals surface area (Å²) in [5.41, 5.74) is 12.4. The fourth-order valence-electron chi connectivity index (χ4n) is 2.37. The molecule has 110 valence electrons. The van der Waals surface area contributed by atoms with Crippen molar-refractivity contribution < 1.29 is 4.74 Å². The van der Waals surface area contributed by atoms with Gasteiger partial charge >= 0.3 is 0 Å². The van der Waals surface area contributed by atoms with Crippen LogP contribution in [-0.2, 0) is 6.61 Å². The first-order chi connectivity index (χ1) is 9.88. The second-order valence-electron chi connectivity index (χ2n) is 5.51. The van der Waals surface area contributed by atoms with Crippen molar-refractivity contribution >= 4 is 17.2 Å². The van der Waals surface area contributed by atoms with E-state index in [1.807, 2.05) is 26.0 Å². The smallest absolute Gasteiger partial charge is 0.125 e. The summed E-state index contributed by atoms with van der Waals surface area (Å²) in [6.07, 6.45) is 0. The monoisotopic (exact) mass is 299 g/mol. The van der Waals surface area contributed by atoms with Crippen molar-refractivity contribution in [2.75, 3.05) is 0 Å². The number of benzene rings is 2. The molecule has 0 aliphatic carbocycles. The summed E-state index contributed by atoms with van der Waals surface area (Å²) in [7, 11) is 0. The van der Waals surface area contributed by atoms with Gasteiger partial charge in [0.2, 0.25) is 0 Å². The highest BCUT2D eigenvalue weighted by atomic mass is 32.1. The predicted molar refractivity (Wildman–Crippen MR) is 92.1 cm³/mol. The van der Waals surface area contributed by atoms with E-state index in [0.29, 0.717) is 11.6 Å². The van der Waals surface area contributed by atoms with Gasteiger partial charge in [-0.05, 0) is 67.6 Å². The van der Waals surface area contributed by atoms with Gasteiger partial charge in [-0.1, -0.05) is 30.4 Å². The summed E-state index contributed by atoms with van der Waals surface area (Å²) in [6.45, 7) is 8.83. The molecule has 0 aliphatic rings. The molecule has 0 aromatic heterocycles. The van der Waals surface area contributed by atoms with Crippen LogP contribution in [0, 0.1) is 27.7 Å². The normalized spacial score (nSPS) is 10.5. The van der Waals surface area contributed by atoms with E-state index in [1.54, 1.807) is 0 Å². The Labute approximate surface area is 131 Å². The quantitative estimate of drug-likeness (QED) is 0.862. The molecule has 2 aromatic carbocycles. The zero-order valence-corrected chi connectivity index (χ0v) is 13.8. The van der Waals surface area contributed by atoms with Crippen molar-refractivity contribution in [3.05, 3.63) is 63.7 Å². The van der Waals surface area contributed by atoms with Crippen LogP contribution in [-0.4, -0.2) is 4.99 Å². The first-order valence-corrected chi connectivity index (χ1v) is 7.39. The van der Waals surface area contributed by atoms with Crippen LogP contribution in [0.1, 0.15) is 33.4 Å². The molecule has 0 spiro atoms. The minimum Gasteiger partial charge on any atom is -0.488 e. The second-order valence-corrected chi connectivity index (χ2v) is 5.95. The van der Waals surface area contributed by atoms with Crippen LogP contribution < -0.4 is 10.5 Å². The average Bonchev–Trinajstić information content (AvgIpc) is 2.41. The minimum absolute atomic E-state index is 0.418. The largest absolute Gasteiger partial charge is 0.488 e. The van der Waals surface area contributed by atoms with E-state index in [2.05, 4.69) is 32.0 Å². The first-order valence-electron chi connectivity index (χ1n) is 6.98. The number of aryl methyl sites for hydroxylation is 4. The Bertz CT molecular complexity index is 669. The van der Waals surface area contributed by atoms with Crippen molar-refractivity contribution in [2.45, 2.75) is 34.3 Å². The Morgan fingerprint density at radius 2 is 1.57 bits per heavy atom. The molecule has 0 unspecified atom stereocenters. The van der Waals surface area contributed by atoms with Crippen LogP contribution in [0.4, 0.5) is 0 Å². The molecule has 0 heterocycles. The molecule has 0 saturated carbocycles. The van der Waals surface area contributed by atoms with Crippen molar-refractivity contribution in [1.29, 1.82) is 0 Å². The van der Waals surface area contributed by atoms with Crippen LogP contribution in [0.2, 0.25) is 0 Å². The van der Waals surface area contributed by atoms with Gasteiger partial charge < -0.3 is 10.5 Å². The third kappa shape index (κ3) is 3.61. The number of hydrogen-bond donors (Lipinski definition) is 1. The van der Waals surface area contributed by atoms with Gasteiger partial charge in [0.15, 0.2) is 0 Å². The summed E-state index contributed by atoms with van der Waals surface area (Å²) >= 11 is 5.03. The highest BCUT2D eigenvalue weighted by Gasteiger charge is 2.08. The molecule has 0 amide bonds. The third-order valence-corrected chi connectivity index (χ3v) is 3.94. The Hall–Kier alpha value is -1.87. The Morgan fingerprint density at radius 1 is 0.952 bits per heavy atom. The molecule has 0 atom stereocenters. The van der Waals surface area contributed by atoms with Gasteiger partial charge in [0, 0.05) is 5.56 Å². The van der Waals surface area contributed by atoms with Gasteiger partial charge in [-0.2, -0.15) is 0 Å². The third-order valence-electron chi connectivity index (χ3n) is 3.70. The molecular formula is C18H21NOS. The van der Waals surface area contributed by atoms with Crippen LogP contribution in [0.25, 0.3) is 0 Å². The summed E-state index contributed by atoms with van der Waals surface area (Å²) in [4.78, 5) is 0.418. The zero-order chi connectivity index (χ0) is 15.6. The van der Waals surface area contributed by atoms with Gasteiger partial charge in [0.05, 0.1) is 0 Å². The van der Waals surface area contributed by atoms with Gasteiger partial charge in [0.1, 0.15) is 17.3 Å². The van der Waals surface area contributed by atoms with Crippen LogP contribution >= 0.6 is 12.2 Å². The molecule has 2 N–H and O–H groups in total. The summed E-state index contributed by atoms with van der Waals surface area (Å²) in [5.74, 6) is 0.910. The highest BCUT2D eigenvalue weighted by molar-refractivity contribution is 7.80. The fraction of sp³-hybridized carbons (Fsp3) is 0.278. The maximum atomic E-state index is 6.00. The maximum Gasteiger partial charge on any atom is 0.125 e. The van der Waals surface area contributed by atoms with E-state index in [1.165, 1.54) is 16.7 Å². The highest BCUT2D eigenvalue weighted by Crippen LogP contribution is 2.26. The van der Waals surface area contributed by atoms with E-state index in [9.17, 15) is 0 Å². The van der Waals surface area contributed by atoms with Gasteiger partial charge in [-0.25, -0.2) is 0 Å². The average molecular weight is 299 g/mol. The van der Waals surface area contributed by atoms with E-state index < -0.39 is 0 Å². The van der Waals surface area contributed by atoms with Crippen molar-refractivity contribution in [3.63, 3.8) is 0 Å². The molecule has 0 fully saturated rings. The summed E-state index contributed by atoms with van der Waals surface area (Å²) in [5, 5.41) is 0. The van der Waals surface area contributed by atoms with Gasteiger partial charge in [-0.15, -0.1) is 0 Å². The Morgan fingerprint density at radius 3 is 2.10 bits per heavy atom. The lowest BCUT2D eigenvalue weighted by atomic mass is 10.1. The van der Waals surface area contributed by atoms with Gasteiger partial charge in [0.25, 0.3) is 0 Å². The van der Waals surface area contributed by atoms with Crippen molar-refractivity contribution in [2.24, 2.45) is 5.73 Å². The molecule has 0 aliphatic heterocycles. The molecule has 2 aromatic rings. The number of thiocarbonyl (C=S) groups is 1. The zero-order valence-electron chi connectivity index (χ0n) is 13.0. The number of hydrogen-bond acceptors (Lipinski definition) is 2. The molecule has 0 bridgehead atoms.